The van der Waals surface area contributed by atoms with Crippen molar-refractivity contribution in [1.29, 1.82) is 0 Å². The number of aromatic nitrogens is 1. The molecule has 220 valence electrons. The number of hydrogen-bond donors (Lipinski definition) is 3. The van der Waals surface area contributed by atoms with Crippen molar-refractivity contribution in [3.05, 3.63) is 46.6 Å². The summed E-state index contributed by atoms with van der Waals surface area (Å²) in [5, 5.41) is 11.8. The first-order chi connectivity index (χ1) is 18.8. The summed E-state index contributed by atoms with van der Waals surface area (Å²) in [4.78, 5) is 27.9. The van der Waals surface area contributed by atoms with Gasteiger partial charge in [-0.2, -0.15) is 30.6 Å². The smallest absolute Gasteiger partial charge is 0.422 e. The average molecular weight is 611 g/mol. The van der Waals surface area contributed by atoms with Gasteiger partial charge < -0.3 is 24.6 Å². The number of benzene rings is 1. The normalized spacial score (nSPS) is 16.1. The standard InChI is InChI=1S/C23H26ClF3N4O8S/c1-37-8-9-38-16-6-5-14(19(11-16)39-21-17(24)10-15(12-29-21)23(25,26)27)13-31(22(33)34)40(35,36)30-18-4-2-3-7-28-20(18)32/h5-6,10-12,18,30H,2-4,7-9,13H2,1H3,(H,28,32)(H,33,34). The summed E-state index contributed by atoms with van der Waals surface area (Å²) in [6, 6.07) is 3.38. The summed E-state index contributed by atoms with van der Waals surface area (Å²) in [5.74, 6) is -1.05. The van der Waals surface area contributed by atoms with Crippen molar-refractivity contribution in [2.75, 3.05) is 26.9 Å². The highest BCUT2D eigenvalue weighted by Crippen LogP contribution is 2.37. The Hall–Kier alpha value is -3.34. The molecule has 1 fully saturated rings. The van der Waals surface area contributed by atoms with Crippen molar-refractivity contribution >= 4 is 33.8 Å². The minimum atomic E-state index is -4.76. The molecule has 0 spiro atoms. The van der Waals surface area contributed by atoms with Crippen LogP contribution in [-0.2, 0) is 32.5 Å². The van der Waals surface area contributed by atoms with Crippen LogP contribution in [0.2, 0.25) is 5.02 Å². The first-order valence-corrected chi connectivity index (χ1v) is 13.6. The highest BCUT2D eigenvalue weighted by atomic mass is 35.5. The van der Waals surface area contributed by atoms with Crippen molar-refractivity contribution in [3.63, 3.8) is 0 Å². The van der Waals surface area contributed by atoms with Crippen LogP contribution in [-0.4, -0.2) is 67.7 Å². The Bertz CT molecular complexity index is 1330. The third-order valence-electron chi connectivity index (χ3n) is 5.58. The second-order valence-corrected chi connectivity index (χ2v) is 10.5. The maximum absolute atomic E-state index is 13.0. The number of alkyl halides is 3. The fourth-order valence-electron chi connectivity index (χ4n) is 3.56. The minimum Gasteiger partial charge on any atom is -0.491 e. The van der Waals surface area contributed by atoms with Gasteiger partial charge in [-0.25, -0.2) is 9.78 Å². The molecular weight excluding hydrogens is 585 g/mol. The lowest BCUT2D eigenvalue weighted by Gasteiger charge is -2.24. The number of halogens is 4. The van der Waals surface area contributed by atoms with Crippen LogP contribution in [0.15, 0.2) is 30.5 Å². The van der Waals surface area contributed by atoms with Crippen LogP contribution in [0.3, 0.4) is 0 Å². The number of rotatable bonds is 11. The number of carbonyl (C=O) groups is 2. The average Bonchev–Trinajstić information content (AvgIpc) is 3.07. The van der Waals surface area contributed by atoms with Crippen LogP contribution in [0.1, 0.15) is 30.4 Å². The quantitative estimate of drug-likeness (QED) is 0.324. The lowest BCUT2D eigenvalue weighted by Crippen LogP contribution is -2.51. The molecule has 2 heterocycles. The van der Waals surface area contributed by atoms with E-state index in [1.54, 1.807) is 0 Å². The third kappa shape index (κ3) is 8.33. The predicted molar refractivity (Wildman–Crippen MR) is 134 cm³/mol. The maximum Gasteiger partial charge on any atom is 0.422 e. The van der Waals surface area contributed by atoms with E-state index in [0.29, 0.717) is 31.6 Å². The summed E-state index contributed by atoms with van der Waals surface area (Å²) in [7, 11) is -3.31. The molecule has 0 bridgehead atoms. The van der Waals surface area contributed by atoms with Gasteiger partial charge in [-0.05, 0) is 37.5 Å². The number of nitrogens with one attached hydrogen (secondary N) is 2. The summed E-state index contributed by atoms with van der Waals surface area (Å²) in [6.07, 6.45) is -4.76. The van der Waals surface area contributed by atoms with E-state index in [9.17, 15) is 36.3 Å². The highest BCUT2D eigenvalue weighted by molar-refractivity contribution is 7.87. The summed E-state index contributed by atoms with van der Waals surface area (Å²) >= 11 is 5.96. The maximum atomic E-state index is 13.0. The van der Waals surface area contributed by atoms with Crippen LogP contribution in [0.25, 0.3) is 0 Å². The number of carboxylic acid groups (broad SMARTS) is 1. The van der Waals surface area contributed by atoms with Gasteiger partial charge in [0.15, 0.2) is 0 Å². The molecule has 1 unspecified atom stereocenters. The van der Waals surface area contributed by atoms with Gasteiger partial charge in [-0.1, -0.05) is 11.6 Å². The molecule has 2 amide bonds. The zero-order chi connectivity index (χ0) is 29.5. The topological polar surface area (TPSA) is 156 Å². The van der Waals surface area contributed by atoms with E-state index in [1.807, 2.05) is 0 Å². The molecule has 1 aromatic heterocycles. The second kappa shape index (κ2) is 13.3. The fraction of sp³-hybridized carbons (Fsp3) is 0.435. The fourth-order valence-corrected chi connectivity index (χ4v) is 4.99. The van der Waals surface area contributed by atoms with Crippen molar-refractivity contribution < 1.29 is 50.5 Å². The number of ether oxygens (including phenoxy) is 3. The Morgan fingerprint density at radius 1 is 1.27 bits per heavy atom. The molecule has 40 heavy (non-hydrogen) atoms. The molecule has 1 aromatic carbocycles. The third-order valence-corrected chi connectivity index (χ3v) is 7.30. The van der Waals surface area contributed by atoms with Gasteiger partial charge in [-0.3, -0.25) is 4.79 Å². The Balaban J connectivity index is 1.94. The minimum absolute atomic E-state index is 0.0325. The molecule has 17 heteroatoms. The summed E-state index contributed by atoms with van der Waals surface area (Å²) < 4.78 is 83.3. The number of pyridine rings is 1. The molecule has 1 aliphatic heterocycles. The predicted octanol–water partition coefficient (Wildman–Crippen LogP) is 3.55. The van der Waals surface area contributed by atoms with Crippen molar-refractivity contribution in [1.82, 2.24) is 19.3 Å². The Morgan fingerprint density at radius 2 is 2.02 bits per heavy atom. The number of carbonyl (C=O) groups excluding carboxylic acids is 1. The molecule has 2 aromatic rings. The lowest BCUT2D eigenvalue weighted by atomic mass is 10.1. The molecular formula is C23H26ClF3N4O8S. The van der Waals surface area contributed by atoms with Crippen LogP contribution < -0.4 is 19.5 Å². The van der Waals surface area contributed by atoms with Crippen molar-refractivity contribution in [2.45, 2.75) is 38.0 Å². The molecule has 1 saturated heterocycles. The van der Waals surface area contributed by atoms with E-state index in [-0.39, 0.29) is 41.0 Å². The van der Waals surface area contributed by atoms with Gasteiger partial charge in [0.05, 0.1) is 18.7 Å². The SMILES string of the molecule is COCCOc1ccc(CN(C(=O)O)S(=O)(=O)NC2CCCCNC2=O)c(Oc2ncc(C(F)(F)F)cc2Cl)c1. The molecule has 12 nitrogen and oxygen atoms in total. The van der Waals surface area contributed by atoms with E-state index in [1.165, 1.54) is 25.3 Å². The van der Waals surface area contributed by atoms with Crippen molar-refractivity contribution in [2.24, 2.45) is 0 Å². The number of amides is 2. The van der Waals surface area contributed by atoms with Crippen LogP contribution >= 0.6 is 11.6 Å². The Morgan fingerprint density at radius 3 is 2.67 bits per heavy atom. The zero-order valence-electron chi connectivity index (χ0n) is 21.0. The van der Waals surface area contributed by atoms with E-state index in [4.69, 9.17) is 25.8 Å². The van der Waals surface area contributed by atoms with Gasteiger partial charge in [0, 0.05) is 31.5 Å². The van der Waals surface area contributed by atoms with E-state index in [2.05, 4.69) is 15.0 Å². The Labute approximate surface area is 232 Å². The van der Waals surface area contributed by atoms with Gasteiger partial charge in [0.25, 0.3) is 0 Å². The number of nitrogens with zero attached hydrogens (tertiary/aromatic N) is 2. The molecule has 3 rings (SSSR count). The number of methoxy groups -OCH3 is 1. The van der Waals surface area contributed by atoms with Crippen LogP contribution in [0.4, 0.5) is 18.0 Å². The van der Waals surface area contributed by atoms with E-state index < -0.39 is 57.4 Å². The molecule has 0 radical (unpaired) electrons. The second-order valence-electron chi connectivity index (χ2n) is 8.47. The first-order valence-electron chi connectivity index (χ1n) is 11.8. The van der Waals surface area contributed by atoms with Crippen molar-refractivity contribution in [3.8, 4) is 17.4 Å². The molecule has 3 N–H and O–H groups in total. The molecule has 1 aliphatic rings. The van der Waals surface area contributed by atoms with Crippen LogP contribution in [0.5, 0.6) is 17.4 Å². The van der Waals surface area contributed by atoms with E-state index in [0.717, 1.165) is 0 Å². The monoisotopic (exact) mass is 610 g/mol. The van der Waals surface area contributed by atoms with Gasteiger partial charge in [0.1, 0.15) is 29.2 Å². The number of hydrogen-bond acceptors (Lipinski definition) is 8. The molecule has 0 aliphatic carbocycles. The highest BCUT2D eigenvalue weighted by Gasteiger charge is 2.34. The summed E-state index contributed by atoms with van der Waals surface area (Å²) in [5.41, 5.74) is -1.16. The molecule has 0 saturated carbocycles. The van der Waals surface area contributed by atoms with Gasteiger partial charge >= 0.3 is 22.5 Å². The molecule has 1 atom stereocenters. The summed E-state index contributed by atoms with van der Waals surface area (Å²) in [6.45, 7) is -0.113. The van der Waals surface area contributed by atoms with Crippen LogP contribution in [0, 0.1) is 0 Å². The largest absolute Gasteiger partial charge is 0.491 e. The van der Waals surface area contributed by atoms with E-state index >= 15 is 0 Å². The van der Waals surface area contributed by atoms with Gasteiger partial charge in [0.2, 0.25) is 11.8 Å². The Kier molecular flexibility index (Phi) is 10.4. The zero-order valence-corrected chi connectivity index (χ0v) is 22.6. The lowest BCUT2D eigenvalue weighted by molar-refractivity contribution is -0.137. The first kappa shape index (κ1) is 31.2. The van der Waals surface area contributed by atoms with Gasteiger partial charge in [-0.15, -0.1) is 0 Å².